The van der Waals surface area contributed by atoms with E-state index in [-0.39, 0.29) is 0 Å². The summed E-state index contributed by atoms with van der Waals surface area (Å²) in [6, 6.07) is 7.92. The summed E-state index contributed by atoms with van der Waals surface area (Å²) in [6.07, 6.45) is 2.09. The van der Waals surface area contributed by atoms with Crippen LogP contribution in [0, 0.1) is 6.92 Å². The van der Waals surface area contributed by atoms with E-state index in [4.69, 9.17) is 4.74 Å². The summed E-state index contributed by atoms with van der Waals surface area (Å²) in [4.78, 5) is 0. The van der Waals surface area contributed by atoms with Gasteiger partial charge in [-0.1, -0.05) is 0 Å². The second-order valence-corrected chi connectivity index (χ2v) is 4.18. The summed E-state index contributed by atoms with van der Waals surface area (Å²) in [5.41, 5.74) is 3.39. The second-order valence-electron chi connectivity index (χ2n) is 4.18. The maximum atomic E-state index is 5.13. The lowest BCUT2D eigenvalue weighted by atomic mass is 10.2. The Morgan fingerprint density at radius 2 is 2.00 bits per heavy atom. The molecule has 0 radical (unpaired) electrons. The largest absolute Gasteiger partial charge is 0.497 e. The van der Waals surface area contributed by atoms with Gasteiger partial charge in [0.1, 0.15) is 5.75 Å². The Labute approximate surface area is 108 Å². The Bertz CT molecular complexity index is 502. The molecule has 1 aromatic heterocycles. The fourth-order valence-electron chi connectivity index (χ4n) is 1.80. The van der Waals surface area contributed by atoms with Crippen molar-refractivity contribution in [3.05, 3.63) is 41.7 Å². The van der Waals surface area contributed by atoms with E-state index in [2.05, 4.69) is 23.5 Å². The minimum Gasteiger partial charge on any atom is -0.497 e. The number of rotatable bonds is 5. The van der Waals surface area contributed by atoms with Crippen molar-refractivity contribution in [3.8, 4) is 5.75 Å². The molecule has 18 heavy (non-hydrogen) atoms. The SMILES string of the molecule is CCn1cc(CNc2ccc(OC)cc2)c(C)n1. The molecule has 0 atom stereocenters. The number of nitrogens with zero attached hydrogens (tertiary/aromatic N) is 2. The van der Waals surface area contributed by atoms with Crippen LogP contribution in [0.5, 0.6) is 5.75 Å². The maximum Gasteiger partial charge on any atom is 0.119 e. The van der Waals surface area contributed by atoms with Gasteiger partial charge in [-0.15, -0.1) is 0 Å². The zero-order valence-corrected chi connectivity index (χ0v) is 11.1. The van der Waals surface area contributed by atoms with Crippen LogP contribution in [-0.4, -0.2) is 16.9 Å². The van der Waals surface area contributed by atoms with Crippen LogP contribution in [0.3, 0.4) is 0 Å². The molecule has 0 saturated carbocycles. The molecule has 4 nitrogen and oxygen atoms in total. The van der Waals surface area contributed by atoms with Crippen molar-refractivity contribution in [1.29, 1.82) is 0 Å². The molecular weight excluding hydrogens is 226 g/mol. The van der Waals surface area contributed by atoms with E-state index in [9.17, 15) is 0 Å². The smallest absolute Gasteiger partial charge is 0.119 e. The molecule has 2 rings (SSSR count). The van der Waals surface area contributed by atoms with E-state index < -0.39 is 0 Å². The molecule has 0 aliphatic rings. The van der Waals surface area contributed by atoms with Gasteiger partial charge in [0.25, 0.3) is 0 Å². The van der Waals surface area contributed by atoms with Crippen LogP contribution >= 0.6 is 0 Å². The van der Waals surface area contributed by atoms with Gasteiger partial charge in [-0.3, -0.25) is 4.68 Å². The standard InChI is InChI=1S/C14H19N3O/c1-4-17-10-12(11(2)16-17)9-15-13-5-7-14(18-3)8-6-13/h5-8,10,15H,4,9H2,1-3H3. The number of methoxy groups -OCH3 is 1. The monoisotopic (exact) mass is 245 g/mol. The van der Waals surface area contributed by atoms with Crippen LogP contribution < -0.4 is 10.1 Å². The number of benzene rings is 1. The number of aromatic nitrogens is 2. The van der Waals surface area contributed by atoms with Gasteiger partial charge in [0.15, 0.2) is 0 Å². The summed E-state index contributed by atoms with van der Waals surface area (Å²) < 4.78 is 7.09. The fourth-order valence-corrected chi connectivity index (χ4v) is 1.80. The zero-order chi connectivity index (χ0) is 13.0. The summed E-state index contributed by atoms with van der Waals surface area (Å²) in [5, 5.41) is 7.81. The first-order valence-corrected chi connectivity index (χ1v) is 6.13. The molecule has 0 fully saturated rings. The average molecular weight is 245 g/mol. The quantitative estimate of drug-likeness (QED) is 0.880. The molecule has 1 aromatic carbocycles. The molecular formula is C14H19N3O. The minimum absolute atomic E-state index is 0.790. The summed E-state index contributed by atoms with van der Waals surface area (Å²) in [6.45, 7) is 5.83. The second kappa shape index (κ2) is 5.58. The van der Waals surface area contributed by atoms with E-state index in [0.29, 0.717) is 0 Å². The molecule has 0 saturated heterocycles. The molecule has 0 spiro atoms. The van der Waals surface area contributed by atoms with Crippen molar-refractivity contribution in [2.75, 3.05) is 12.4 Å². The predicted molar refractivity (Wildman–Crippen MR) is 73.0 cm³/mol. The Morgan fingerprint density at radius 3 is 2.56 bits per heavy atom. The maximum absolute atomic E-state index is 5.13. The third kappa shape index (κ3) is 2.83. The van der Waals surface area contributed by atoms with Crippen molar-refractivity contribution < 1.29 is 4.74 Å². The third-order valence-corrected chi connectivity index (χ3v) is 2.95. The molecule has 4 heteroatoms. The lowest BCUT2D eigenvalue weighted by Crippen LogP contribution is -1.99. The van der Waals surface area contributed by atoms with E-state index in [1.807, 2.05) is 35.9 Å². The van der Waals surface area contributed by atoms with Gasteiger partial charge in [-0.25, -0.2) is 0 Å². The molecule has 0 aliphatic carbocycles. The van der Waals surface area contributed by atoms with Crippen LogP contribution in [0.1, 0.15) is 18.2 Å². The van der Waals surface area contributed by atoms with E-state index in [1.54, 1.807) is 7.11 Å². The molecule has 2 aromatic rings. The van der Waals surface area contributed by atoms with Gasteiger partial charge in [-0.05, 0) is 38.1 Å². The molecule has 0 unspecified atom stereocenters. The number of anilines is 1. The fraction of sp³-hybridized carbons (Fsp3) is 0.357. The molecule has 1 N–H and O–H groups in total. The van der Waals surface area contributed by atoms with Crippen LogP contribution in [0.25, 0.3) is 0 Å². The Morgan fingerprint density at radius 1 is 1.28 bits per heavy atom. The van der Waals surface area contributed by atoms with Crippen LogP contribution in [0.15, 0.2) is 30.5 Å². The van der Waals surface area contributed by atoms with Crippen molar-refractivity contribution in [1.82, 2.24) is 9.78 Å². The summed E-state index contributed by atoms with van der Waals surface area (Å²) >= 11 is 0. The zero-order valence-electron chi connectivity index (χ0n) is 11.1. The van der Waals surface area contributed by atoms with Gasteiger partial charge >= 0.3 is 0 Å². The van der Waals surface area contributed by atoms with Crippen molar-refractivity contribution in [2.24, 2.45) is 0 Å². The molecule has 0 aliphatic heterocycles. The van der Waals surface area contributed by atoms with Crippen molar-refractivity contribution in [2.45, 2.75) is 26.9 Å². The highest BCUT2D eigenvalue weighted by Crippen LogP contribution is 2.16. The Hall–Kier alpha value is -1.97. The normalized spacial score (nSPS) is 10.4. The van der Waals surface area contributed by atoms with Gasteiger partial charge in [0.05, 0.1) is 12.8 Å². The van der Waals surface area contributed by atoms with Gasteiger partial charge < -0.3 is 10.1 Å². The molecule has 96 valence electrons. The van der Waals surface area contributed by atoms with E-state index in [1.165, 1.54) is 5.56 Å². The van der Waals surface area contributed by atoms with Crippen LogP contribution in [-0.2, 0) is 13.1 Å². The lowest BCUT2D eigenvalue weighted by molar-refractivity contribution is 0.415. The van der Waals surface area contributed by atoms with Crippen LogP contribution in [0.2, 0.25) is 0 Å². The minimum atomic E-state index is 0.790. The number of hydrogen-bond donors (Lipinski definition) is 1. The molecule has 0 amide bonds. The topological polar surface area (TPSA) is 39.1 Å². The van der Waals surface area contributed by atoms with Gasteiger partial charge in [0, 0.05) is 30.5 Å². The first-order valence-electron chi connectivity index (χ1n) is 6.13. The summed E-state index contributed by atoms with van der Waals surface area (Å²) in [7, 11) is 1.67. The highest BCUT2D eigenvalue weighted by Gasteiger charge is 2.03. The average Bonchev–Trinajstić information content (AvgIpc) is 2.77. The van der Waals surface area contributed by atoms with Crippen molar-refractivity contribution >= 4 is 5.69 Å². The predicted octanol–water partition coefficient (Wildman–Crippen LogP) is 2.83. The van der Waals surface area contributed by atoms with E-state index >= 15 is 0 Å². The highest BCUT2D eigenvalue weighted by molar-refractivity contribution is 5.46. The summed E-state index contributed by atoms with van der Waals surface area (Å²) in [5.74, 6) is 0.871. The number of nitrogens with one attached hydrogen (secondary N) is 1. The first kappa shape index (κ1) is 12.5. The number of hydrogen-bond acceptors (Lipinski definition) is 3. The number of aryl methyl sites for hydroxylation is 2. The lowest BCUT2D eigenvalue weighted by Gasteiger charge is -2.06. The van der Waals surface area contributed by atoms with Crippen LogP contribution in [0.4, 0.5) is 5.69 Å². The van der Waals surface area contributed by atoms with Gasteiger partial charge in [-0.2, -0.15) is 5.10 Å². The van der Waals surface area contributed by atoms with Crippen molar-refractivity contribution in [3.63, 3.8) is 0 Å². The van der Waals surface area contributed by atoms with Gasteiger partial charge in [0.2, 0.25) is 0 Å². The Kier molecular flexibility index (Phi) is 3.87. The molecule has 0 bridgehead atoms. The molecule has 1 heterocycles. The third-order valence-electron chi connectivity index (χ3n) is 2.95. The number of ether oxygens (including phenoxy) is 1. The highest BCUT2D eigenvalue weighted by atomic mass is 16.5. The first-order chi connectivity index (χ1) is 8.72. The Balaban J connectivity index is 1.99. The van der Waals surface area contributed by atoms with E-state index in [0.717, 1.165) is 30.2 Å².